The van der Waals surface area contributed by atoms with Gasteiger partial charge in [-0.1, -0.05) is 56.0 Å². The number of ether oxygens (including phenoxy) is 2. The number of esters is 1. The van der Waals surface area contributed by atoms with E-state index in [-0.39, 0.29) is 30.5 Å². The van der Waals surface area contributed by atoms with Gasteiger partial charge in [0.25, 0.3) is 0 Å². The summed E-state index contributed by atoms with van der Waals surface area (Å²) in [4.78, 5) is 11.5. The molecule has 1 heterocycles. The molecule has 0 bridgehead atoms. The Labute approximate surface area is 201 Å². The molecule has 0 fully saturated rings. The number of aliphatic hydroxyl groups excluding tert-OH is 1. The summed E-state index contributed by atoms with van der Waals surface area (Å²) >= 11 is 0. The number of anilines is 1. The molecule has 0 saturated carbocycles. The number of benzene rings is 2. The molecule has 0 aromatic heterocycles. The van der Waals surface area contributed by atoms with Crippen LogP contribution in [0.15, 0.2) is 66.7 Å². The molecule has 2 aromatic rings. The van der Waals surface area contributed by atoms with Crippen LogP contribution in [-0.2, 0) is 26.3 Å². The summed E-state index contributed by atoms with van der Waals surface area (Å²) in [6, 6.07) is 15.1. The predicted octanol–water partition coefficient (Wildman–Crippen LogP) is 4.51. The number of rotatable bonds is 9. The normalized spacial score (nSPS) is 15.5. The average Bonchev–Trinajstić information content (AvgIpc) is 3.02. The standard InChI is InChI=1S/C24H30N2O6SSi/c1-31-24(28)13-11-19-10-12-21(22(16-19)32-18-20-8-6-5-7-9-20)26-17-23(27)25(33(26,29)30)14-15-34(2,3)4/h5-13,16-17,27H,14-15,18H2,1-4H3. The first-order chi connectivity index (χ1) is 16.0. The van der Waals surface area contributed by atoms with Crippen molar-refractivity contribution in [2.45, 2.75) is 32.3 Å². The molecule has 1 N–H and O–H groups in total. The Kier molecular flexibility index (Phi) is 7.73. The second-order valence-corrected chi connectivity index (χ2v) is 16.4. The lowest BCUT2D eigenvalue weighted by molar-refractivity contribution is -0.134. The van der Waals surface area contributed by atoms with E-state index in [1.807, 2.05) is 30.3 Å². The smallest absolute Gasteiger partial charge is 0.332 e. The molecule has 2 aromatic carbocycles. The number of carbonyl (C=O) groups is 1. The van der Waals surface area contributed by atoms with Crippen LogP contribution < -0.4 is 9.04 Å². The molecule has 3 rings (SSSR count). The lowest BCUT2D eigenvalue weighted by atomic mass is 10.1. The van der Waals surface area contributed by atoms with Gasteiger partial charge in [-0.05, 0) is 35.4 Å². The zero-order valence-electron chi connectivity index (χ0n) is 19.8. The topological polar surface area (TPSA) is 96.4 Å². The molecular formula is C24H30N2O6SSi. The number of aliphatic hydroxyl groups is 1. The van der Waals surface area contributed by atoms with Crippen molar-refractivity contribution in [1.29, 1.82) is 0 Å². The Morgan fingerprint density at radius 2 is 1.82 bits per heavy atom. The van der Waals surface area contributed by atoms with Gasteiger partial charge < -0.3 is 14.6 Å². The molecule has 0 saturated heterocycles. The molecule has 182 valence electrons. The predicted molar refractivity (Wildman–Crippen MR) is 135 cm³/mol. The van der Waals surface area contributed by atoms with Crippen molar-refractivity contribution >= 4 is 36.0 Å². The van der Waals surface area contributed by atoms with Crippen molar-refractivity contribution < 1.29 is 27.8 Å². The lowest BCUT2D eigenvalue weighted by Gasteiger charge is -2.25. The fourth-order valence-electron chi connectivity index (χ4n) is 3.22. The van der Waals surface area contributed by atoms with Crippen molar-refractivity contribution in [2.75, 3.05) is 18.0 Å². The van der Waals surface area contributed by atoms with Crippen LogP contribution in [-0.4, -0.2) is 45.5 Å². The van der Waals surface area contributed by atoms with Gasteiger partial charge in [-0.15, -0.1) is 0 Å². The fraction of sp³-hybridized carbons (Fsp3) is 0.292. The van der Waals surface area contributed by atoms with Crippen LogP contribution in [0.5, 0.6) is 5.75 Å². The van der Waals surface area contributed by atoms with Crippen LogP contribution in [0.4, 0.5) is 5.69 Å². The molecule has 1 aliphatic rings. The van der Waals surface area contributed by atoms with Crippen molar-refractivity contribution in [3.05, 3.63) is 77.8 Å². The van der Waals surface area contributed by atoms with E-state index in [4.69, 9.17) is 4.74 Å². The number of carbonyl (C=O) groups excluding carboxylic acids is 1. The Morgan fingerprint density at radius 1 is 1.12 bits per heavy atom. The number of hydrogen-bond donors (Lipinski definition) is 1. The molecule has 0 unspecified atom stereocenters. The third-order valence-corrected chi connectivity index (χ3v) is 8.60. The van der Waals surface area contributed by atoms with Crippen LogP contribution >= 0.6 is 0 Å². The number of methoxy groups -OCH3 is 1. The second kappa shape index (κ2) is 10.4. The van der Waals surface area contributed by atoms with Crippen molar-refractivity contribution in [1.82, 2.24) is 4.31 Å². The van der Waals surface area contributed by atoms with E-state index in [0.29, 0.717) is 11.6 Å². The highest BCUT2D eigenvalue weighted by Gasteiger charge is 2.39. The molecule has 0 aliphatic carbocycles. The summed E-state index contributed by atoms with van der Waals surface area (Å²) in [7, 11) is -4.28. The van der Waals surface area contributed by atoms with E-state index in [1.165, 1.54) is 19.4 Å². The van der Waals surface area contributed by atoms with E-state index >= 15 is 0 Å². The second-order valence-electron chi connectivity index (χ2n) is 9.03. The van der Waals surface area contributed by atoms with Crippen LogP contribution in [0, 0.1) is 0 Å². The first-order valence-electron chi connectivity index (χ1n) is 10.8. The summed E-state index contributed by atoms with van der Waals surface area (Å²) in [5.41, 5.74) is 1.79. The molecule has 0 spiro atoms. The molecule has 8 nitrogen and oxygen atoms in total. The third-order valence-electron chi connectivity index (χ3n) is 5.15. The molecule has 0 atom stereocenters. The van der Waals surface area contributed by atoms with Crippen LogP contribution in [0.2, 0.25) is 25.7 Å². The van der Waals surface area contributed by atoms with Crippen molar-refractivity contribution in [3.8, 4) is 5.75 Å². The first-order valence-corrected chi connectivity index (χ1v) is 15.9. The highest BCUT2D eigenvalue weighted by atomic mass is 32.2. The van der Waals surface area contributed by atoms with Crippen LogP contribution in [0.25, 0.3) is 6.08 Å². The Bertz CT molecular complexity index is 1190. The SMILES string of the molecule is COC(=O)C=Cc1ccc(N2C=C(O)N(CC[Si](C)(C)C)S2(=O)=O)c(OCc2ccccc2)c1. The maximum Gasteiger partial charge on any atom is 0.332 e. The molecule has 0 amide bonds. The van der Waals surface area contributed by atoms with E-state index in [0.717, 1.165) is 14.2 Å². The zero-order chi connectivity index (χ0) is 24.9. The Hall–Kier alpha value is -3.24. The highest BCUT2D eigenvalue weighted by molar-refractivity contribution is 7.91. The molecule has 10 heteroatoms. The van der Waals surface area contributed by atoms with Gasteiger partial charge in [-0.25, -0.2) is 13.4 Å². The van der Waals surface area contributed by atoms with Gasteiger partial charge in [0.2, 0.25) is 5.88 Å². The average molecular weight is 503 g/mol. The van der Waals surface area contributed by atoms with Gasteiger partial charge in [0.1, 0.15) is 18.0 Å². The first kappa shape index (κ1) is 25.4. The van der Waals surface area contributed by atoms with Gasteiger partial charge >= 0.3 is 16.2 Å². The van der Waals surface area contributed by atoms with E-state index in [1.54, 1.807) is 24.3 Å². The van der Waals surface area contributed by atoms with E-state index in [2.05, 4.69) is 24.4 Å². The summed E-state index contributed by atoms with van der Waals surface area (Å²) in [5, 5.41) is 10.5. The van der Waals surface area contributed by atoms with Crippen molar-refractivity contribution in [3.63, 3.8) is 0 Å². The zero-order valence-corrected chi connectivity index (χ0v) is 21.6. The minimum Gasteiger partial charge on any atom is -0.493 e. The van der Waals surface area contributed by atoms with Gasteiger partial charge in [-0.3, -0.25) is 0 Å². The van der Waals surface area contributed by atoms with Crippen LogP contribution in [0.3, 0.4) is 0 Å². The van der Waals surface area contributed by atoms with E-state index in [9.17, 15) is 18.3 Å². The lowest BCUT2D eigenvalue weighted by Crippen LogP contribution is -2.37. The largest absolute Gasteiger partial charge is 0.493 e. The monoisotopic (exact) mass is 502 g/mol. The quantitative estimate of drug-likeness (QED) is 0.308. The number of hydrogen-bond acceptors (Lipinski definition) is 6. The van der Waals surface area contributed by atoms with E-state index < -0.39 is 24.3 Å². The summed E-state index contributed by atoms with van der Waals surface area (Å²) in [6.45, 7) is 6.84. The van der Waals surface area contributed by atoms with Crippen LogP contribution in [0.1, 0.15) is 11.1 Å². The molecule has 1 aliphatic heterocycles. The third kappa shape index (κ3) is 6.20. The van der Waals surface area contributed by atoms with Crippen molar-refractivity contribution in [2.24, 2.45) is 0 Å². The summed E-state index contributed by atoms with van der Waals surface area (Å²) in [5.74, 6) is -0.554. The maximum absolute atomic E-state index is 13.3. The van der Waals surface area contributed by atoms with Gasteiger partial charge in [0.05, 0.1) is 13.3 Å². The Balaban J connectivity index is 1.95. The summed E-state index contributed by atoms with van der Waals surface area (Å²) in [6.07, 6.45) is 4.01. The maximum atomic E-state index is 13.3. The minimum absolute atomic E-state index is 0.205. The van der Waals surface area contributed by atoms with Gasteiger partial charge in [0, 0.05) is 20.7 Å². The fourth-order valence-corrected chi connectivity index (χ4v) is 5.72. The number of nitrogens with zero attached hydrogens (tertiary/aromatic N) is 2. The molecule has 0 radical (unpaired) electrons. The Morgan fingerprint density at radius 3 is 2.47 bits per heavy atom. The molecular weight excluding hydrogens is 472 g/mol. The summed E-state index contributed by atoms with van der Waals surface area (Å²) < 4.78 is 39.3. The van der Waals surface area contributed by atoms with Gasteiger partial charge in [0.15, 0.2) is 0 Å². The van der Waals surface area contributed by atoms with Gasteiger partial charge in [-0.2, -0.15) is 8.42 Å². The molecule has 34 heavy (non-hydrogen) atoms. The highest BCUT2D eigenvalue weighted by Crippen LogP contribution is 2.37. The minimum atomic E-state index is -4.03.